The summed E-state index contributed by atoms with van der Waals surface area (Å²) in [7, 11) is 0. The summed E-state index contributed by atoms with van der Waals surface area (Å²) >= 11 is 2.93. The van der Waals surface area contributed by atoms with E-state index in [1.165, 1.54) is 6.08 Å². The van der Waals surface area contributed by atoms with Crippen molar-refractivity contribution in [2.45, 2.75) is 19.4 Å². The maximum Gasteiger partial charge on any atom is 0.146 e. The number of aliphatic hydroxyl groups is 1. The molecule has 0 radical (unpaired) electrons. The number of halogens is 1. The Bertz CT molecular complexity index is 175. The molecule has 0 saturated heterocycles. The van der Waals surface area contributed by atoms with E-state index in [2.05, 4.69) is 33.3 Å². The largest absolute Gasteiger partial charge is 0.374 e. The van der Waals surface area contributed by atoms with Crippen LogP contribution in [0.3, 0.4) is 0 Å². The summed E-state index contributed by atoms with van der Waals surface area (Å²) in [4.78, 5) is 2.48. The molecule has 1 N–H and O–H groups in total. The molecule has 0 heterocycles. The van der Waals surface area contributed by atoms with Crippen molar-refractivity contribution < 1.29 is 5.11 Å². The van der Waals surface area contributed by atoms with Gasteiger partial charge < -0.3 is 5.11 Å². The molecule has 0 saturated carbocycles. The fraction of sp³-hybridized carbons (Fsp3) is 0.500. The summed E-state index contributed by atoms with van der Waals surface area (Å²) in [5.41, 5.74) is -1.05. The van der Waals surface area contributed by atoms with Gasteiger partial charge in [-0.2, -0.15) is 0 Å². The molecule has 0 aromatic heterocycles. The van der Waals surface area contributed by atoms with Crippen molar-refractivity contribution in [2.75, 3.05) is 0 Å². The minimum Gasteiger partial charge on any atom is -0.374 e. The van der Waals surface area contributed by atoms with Gasteiger partial charge in [-0.3, -0.25) is 0 Å². The van der Waals surface area contributed by atoms with Crippen LogP contribution < -0.4 is 0 Å². The van der Waals surface area contributed by atoms with Gasteiger partial charge in [0.25, 0.3) is 0 Å². The van der Waals surface area contributed by atoms with Gasteiger partial charge in [0.05, 0.1) is 0 Å². The monoisotopic (exact) mass is 202 g/mol. The number of rotatable bonds is 2. The summed E-state index contributed by atoms with van der Waals surface area (Å²) < 4.78 is 0. The Morgan fingerprint density at radius 1 is 1.70 bits per heavy atom. The maximum atomic E-state index is 9.58. The van der Waals surface area contributed by atoms with Gasteiger partial charge in [0, 0.05) is 15.9 Å². The van der Waals surface area contributed by atoms with Crippen LogP contribution in [0.2, 0.25) is 0 Å². The minimum atomic E-state index is -1.05. The third kappa shape index (κ3) is 2.17. The van der Waals surface area contributed by atoms with Crippen molar-refractivity contribution in [3.05, 3.63) is 12.7 Å². The van der Waals surface area contributed by atoms with E-state index in [1.54, 1.807) is 0 Å². The van der Waals surface area contributed by atoms with E-state index in [0.29, 0.717) is 0 Å². The lowest BCUT2D eigenvalue weighted by Crippen LogP contribution is -2.29. The first-order valence-electron chi connectivity index (χ1n) is 3.05. The molecule has 0 spiro atoms. The Kier molecular flexibility index (Phi) is 3.70. The van der Waals surface area contributed by atoms with Crippen LogP contribution in [0.1, 0.15) is 13.8 Å². The van der Waals surface area contributed by atoms with Crippen LogP contribution in [-0.4, -0.2) is 10.7 Å². The van der Waals surface area contributed by atoms with E-state index in [9.17, 15) is 5.11 Å². The van der Waals surface area contributed by atoms with E-state index in [0.717, 1.165) is 0 Å². The zero-order valence-electron chi connectivity index (χ0n) is 6.19. The molecule has 1 atom stereocenters. The zero-order valence-corrected chi connectivity index (χ0v) is 7.77. The zero-order chi connectivity index (χ0) is 8.20. The lowest BCUT2D eigenvalue weighted by atomic mass is 9.92. The van der Waals surface area contributed by atoms with Gasteiger partial charge in [0.15, 0.2) is 0 Å². The second-order valence-electron chi connectivity index (χ2n) is 2.40. The first-order chi connectivity index (χ1) is 4.56. The average Bonchev–Trinajstić information content (AvgIpc) is 1.88. The Morgan fingerprint density at radius 3 is 2.30 bits per heavy atom. The third-order valence-electron chi connectivity index (χ3n) is 1.44. The van der Waals surface area contributed by atoms with Gasteiger partial charge in [0.2, 0.25) is 0 Å². The predicted octanol–water partition coefficient (Wildman–Crippen LogP) is 1.92. The van der Waals surface area contributed by atoms with Crippen LogP contribution in [0.15, 0.2) is 12.7 Å². The van der Waals surface area contributed by atoms with Gasteiger partial charge in [-0.25, -0.2) is 0 Å². The lowest BCUT2D eigenvalue weighted by molar-refractivity contribution is 0.103. The van der Waals surface area contributed by atoms with Crippen LogP contribution in [-0.2, 0) is 0 Å². The molecule has 0 fully saturated rings. The quantitative estimate of drug-likeness (QED) is 0.536. The second kappa shape index (κ2) is 3.80. The topological polar surface area (TPSA) is 20.2 Å². The maximum absolute atomic E-state index is 9.58. The highest BCUT2D eigenvalue weighted by Crippen LogP contribution is 2.16. The fourth-order valence-corrected chi connectivity index (χ4v) is 0.824. The molecule has 0 amide bonds. The minimum absolute atomic E-state index is 0.0649. The second-order valence-corrected chi connectivity index (χ2v) is 2.80. The van der Waals surface area contributed by atoms with Gasteiger partial charge in [-0.05, 0) is 16.8 Å². The molecular formula is C8H11BrO. The SMILES string of the molecule is C=CC(O)(C#CBr)C(C)C. The normalized spacial score (nSPS) is 15.3. The summed E-state index contributed by atoms with van der Waals surface area (Å²) in [5.74, 6) is 2.68. The Balaban J connectivity index is 4.49. The molecule has 10 heavy (non-hydrogen) atoms. The van der Waals surface area contributed by atoms with Crippen molar-refractivity contribution in [2.24, 2.45) is 5.92 Å². The van der Waals surface area contributed by atoms with Crippen molar-refractivity contribution in [1.82, 2.24) is 0 Å². The Hall–Kier alpha value is -0.260. The van der Waals surface area contributed by atoms with Gasteiger partial charge >= 0.3 is 0 Å². The van der Waals surface area contributed by atoms with Crippen LogP contribution in [0.5, 0.6) is 0 Å². The van der Waals surface area contributed by atoms with Crippen LogP contribution in [0.25, 0.3) is 0 Å². The van der Waals surface area contributed by atoms with Crippen LogP contribution in [0.4, 0.5) is 0 Å². The summed E-state index contributed by atoms with van der Waals surface area (Å²) in [5, 5.41) is 9.58. The van der Waals surface area contributed by atoms with Gasteiger partial charge in [-0.1, -0.05) is 26.3 Å². The number of hydrogen-bond acceptors (Lipinski definition) is 1. The van der Waals surface area contributed by atoms with Gasteiger partial charge in [0.1, 0.15) is 5.60 Å². The first-order valence-corrected chi connectivity index (χ1v) is 3.85. The summed E-state index contributed by atoms with van der Waals surface area (Å²) in [6.07, 6.45) is 1.45. The average molecular weight is 203 g/mol. The van der Waals surface area contributed by atoms with E-state index in [1.807, 2.05) is 13.8 Å². The molecular weight excluding hydrogens is 192 g/mol. The highest BCUT2D eigenvalue weighted by atomic mass is 79.9. The third-order valence-corrected chi connectivity index (χ3v) is 1.64. The molecule has 0 bridgehead atoms. The standard InChI is InChI=1S/C8H11BrO/c1-4-8(10,5-6-9)7(2)3/h4,7,10H,1H2,2-3H3. The number of hydrogen-bond donors (Lipinski definition) is 1. The van der Waals surface area contributed by atoms with Crippen LogP contribution >= 0.6 is 15.9 Å². The molecule has 1 nitrogen and oxygen atoms in total. The van der Waals surface area contributed by atoms with Crippen molar-refractivity contribution in [1.29, 1.82) is 0 Å². The van der Waals surface area contributed by atoms with E-state index in [-0.39, 0.29) is 5.92 Å². The van der Waals surface area contributed by atoms with Gasteiger partial charge in [-0.15, -0.1) is 0 Å². The summed E-state index contributed by atoms with van der Waals surface area (Å²) in [6, 6.07) is 0. The van der Waals surface area contributed by atoms with E-state index in [4.69, 9.17) is 0 Å². The molecule has 56 valence electrons. The summed E-state index contributed by atoms with van der Waals surface area (Å²) in [6.45, 7) is 7.28. The van der Waals surface area contributed by atoms with E-state index >= 15 is 0 Å². The van der Waals surface area contributed by atoms with Crippen molar-refractivity contribution >= 4 is 15.9 Å². The highest BCUT2D eigenvalue weighted by Gasteiger charge is 2.23. The molecule has 1 unspecified atom stereocenters. The molecule has 0 aromatic rings. The fourth-order valence-electron chi connectivity index (χ4n) is 0.507. The molecule has 0 aliphatic carbocycles. The smallest absolute Gasteiger partial charge is 0.146 e. The van der Waals surface area contributed by atoms with Crippen LogP contribution in [0, 0.1) is 16.7 Å². The molecule has 2 heteroatoms. The predicted molar refractivity (Wildman–Crippen MR) is 46.7 cm³/mol. The molecule has 0 aromatic carbocycles. The van der Waals surface area contributed by atoms with Crippen molar-refractivity contribution in [3.63, 3.8) is 0 Å². The molecule has 0 rings (SSSR count). The Labute approximate surface area is 70.3 Å². The molecule has 0 aliphatic rings. The van der Waals surface area contributed by atoms with Crippen molar-refractivity contribution in [3.8, 4) is 10.8 Å². The van der Waals surface area contributed by atoms with E-state index < -0.39 is 5.60 Å². The first kappa shape index (κ1) is 9.74. The highest BCUT2D eigenvalue weighted by molar-refractivity contribution is 9.12. The Morgan fingerprint density at radius 2 is 2.20 bits per heavy atom. The lowest BCUT2D eigenvalue weighted by Gasteiger charge is -2.21. The molecule has 0 aliphatic heterocycles.